The number of rotatable bonds is 3. The van der Waals surface area contributed by atoms with Crippen LogP contribution in [0, 0.1) is 6.92 Å². The normalized spacial score (nSPS) is 9.83. The fourth-order valence-electron chi connectivity index (χ4n) is 1.60. The van der Waals surface area contributed by atoms with Gasteiger partial charge in [-0.2, -0.15) is 0 Å². The van der Waals surface area contributed by atoms with E-state index in [0.717, 1.165) is 5.56 Å². The van der Waals surface area contributed by atoms with Crippen LogP contribution in [0.1, 0.15) is 11.1 Å². The van der Waals surface area contributed by atoms with Crippen LogP contribution in [0.25, 0.3) is 0 Å². The Bertz CT molecular complexity index is 526. The lowest BCUT2D eigenvalue weighted by Crippen LogP contribution is -2.28. The van der Waals surface area contributed by atoms with Gasteiger partial charge in [0, 0.05) is 12.7 Å². The van der Waals surface area contributed by atoms with E-state index in [2.05, 4.69) is 15.6 Å². The number of nitrogens with one attached hydrogen (secondary N) is 2. The van der Waals surface area contributed by atoms with E-state index in [1.165, 1.54) is 5.56 Å². The maximum atomic E-state index is 11.6. The zero-order chi connectivity index (χ0) is 12.8. The maximum Gasteiger partial charge on any atom is 0.320 e. The van der Waals surface area contributed by atoms with E-state index in [9.17, 15) is 4.79 Å². The molecule has 0 aliphatic rings. The Balaban J connectivity index is 1.85. The number of amides is 2. The number of pyridine rings is 1. The first-order valence-electron chi connectivity index (χ1n) is 5.75. The van der Waals surface area contributed by atoms with Gasteiger partial charge in [-0.15, -0.1) is 0 Å². The summed E-state index contributed by atoms with van der Waals surface area (Å²) in [5.41, 5.74) is 2.26. The van der Waals surface area contributed by atoms with E-state index in [-0.39, 0.29) is 6.03 Å². The van der Waals surface area contributed by atoms with Gasteiger partial charge in [0.15, 0.2) is 0 Å². The van der Waals surface area contributed by atoms with E-state index in [1.807, 2.05) is 37.3 Å². The highest BCUT2D eigenvalue weighted by molar-refractivity contribution is 5.88. The molecule has 0 unspecified atom stereocenters. The van der Waals surface area contributed by atoms with Crippen LogP contribution in [0.5, 0.6) is 0 Å². The summed E-state index contributed by atoms with van der Waals surface area (Å²) in [6, 6.07) is 13.1. The molecule has 0 radical (unpaired) electrons. The highest BCUT2D eigenvalue weighted by atomic mass is 16.2. The van der Waals surface area contributed by atoms with Crippen molar-refractivity contribution in [1.29, 1.82) is 0 Å². The number of carbonyl (C=O) groups excluding carboxylic acids is 1. The molecular formula is C14H15N3O. The van der Waals surface area contributed by atoms with Crippen molar-refractivity contribution >= 4 is 11.8 Å². The molecule has 0 bridgehead atoms. The first-order chi connectivity index (χ1) is 8.74. The molecule has 0 fully saturated rings. The molecule has 1 heterocycles. The molecule has 1 aromatic heterocycles. The molecule has 0 saturated heterocycles. The third kappa shape index (κ3) is 3.59. The second kappa shape index (κ2) is 5.82. The zero-order valence-corrected chi connectivity index (χ0v) is 10.2. The molecule has 0 spiro atoms. The molecule has 2 rings (SSSR count). The van der Waals surface area contributed by atoms with Crippen molar-refractivity contribution in [2.75, 3.05) is 5.32 Å². The summed E-state index contributed by atoms with van der Waals surface area (Å²) in [6.45, 7) is 2.53. The van der Waals surface area contributed by atoms with Gasteiger partial charge in [-0.3, -0.25) is 5.32 Å². The Morgan fingerprint density at radius 1 is 1.22 bits per heavy atom. The van der Waals surface area contributed by atoms with Crippen LogP contribution in [-0.2, 0) is 6.54 Å². The average molecular weight is 241 g/mol. The minimum atomic E-state index is -0.254. The average Bonchev–Trinajstić information content (AvgIpc) is 2.38. The molecule has 2 aromatic rings. The molecule has 0 atom stereocenters. The van der Waals surface area contributed by atoms with Gasteiger partial charge < -0.3 is 5.32 Å². The van der Waals surface area contributed by atoms with Crippen LogP contribution >= 0.6 is 0 Å². The highest BCUT2D eigenvalue weighted by Gasteiger charge is 2.01. The van der Waals surface area contributed by atoms with Gasteiger partial charge in [-0.25, -0.2) is 9.78 Å². The minimum absolute atomic E-state index is 0.254. The van der Waals surface area contributed by atoms with Crippen molar-refractivity contribution in [2.24, 2.45) is 0 Å². The van der Waals surface area contributed by atoms with E-state index in [4.69, 9.17) is 0 Å². The lowest BCUT2D eigenvalue weighted by Gasteiger charge is -2.07. The Morgan fingerprint density at radius 2 is 2.11 bits per heavy atom. The lowest BCUT2D eigenvalue weighted by molar-refractivity contribution is 0.251. The molecule has 4 heteroatoms. The van der Waals surface area contributed by atoms with Gasteiger partial charge in [-0.1, -0.05) is 35.9 Å². The molecule has 92 valence electrons. The number of urea groups is 1. The Kier molecular flexibility index (Phi) is 3.91. The quantitative estimate of drug-likeness (QED) is 0.868. The van der Waals surface area contributed by atoms with Crippen molar-refractivity contribution in [1.82, 2.24) is 10.3 Å². The lowest BCUT2D eigenvalue weighted by atomic mass is 10.1. The summed E-state index contributed by atoms with van der Waals surface area (Å²) < 4.78 is 0. The third-order valence-electron chi connectivity index (χ3n) is 2.44. The van der Waals surface area contributed by atoms with Gasteiger partial charge in [0.25, 0.3) is 0 Å². The van der Waals surface area contributed by atoms with Gasteiger partial charge in [0.1, 0.15) is 5.82 Å². The predicted octanol–water partition coefficient (Wildman–Crippen LogP) is 2.71. The van der Waals surface area contributed by atoms with Gasteiger partial charge in [-0.05, 0) is 24.6 Å². The van der Waals surface area contributed by atoms with Crippen molar-refractivity contribution in [2.45, 2.75) is 13.5 Å². The number of hydrogen-bond acceptors (Lipinski definition) is 2. The molecule has 1 aromatic carbocycles. The second-order valence-corrected chi connectivity index (χ2v) is 4.01. The van der Waals surface area contributed by atoms with Gasteiger partial charge >= 0.3 is 6.03 Å². The summed E-state index contributed by atoms with van der Waals surface area (Å²) in [7, 11) is 0. The summed E-state index contributed by atoms with van der Waals surface area (Å²) >= 11 is 0. The van der Waals surface area contributed by atoms with Crippen LogP contribution in [-0.4, -0.2) is 11.0 Å². The third-order valence-corrected chi connectivity index (χ3v) is 2.44. The number of aryl methyl sites for hydroxylation is 1. The Hall–Kier alpha value is -2.36. The summed E-state index contributed by atoms with van der Waals surface area (Å²) in [4.78, 5) is 15.6. The number of aromatic nitrogens is 1. The van der Waals surface area contributed by atoms with E-state index >= 15 is 0 Å². The van der Waals surface area contributed by atoms with Gasteiger partial charge in [0.2, 0.25) is 0 Å². The summed E-state index contributed by atoms with van der Waals surface area (Å²) in [5, 5.41) is 5.45. The van der Waals surface area contributed by atoms with Crippen LogP contribution in [0.2, 0.25) is 0 Å². The van der Waals surface area contributed by atoms with E-state index < -0.39 is 0 Å². The Morgan fingerprint density at radius 3 is 2.83 bits per heavy atom. The van der Waals surface area contributed by atoms with Gasteiger partial charge in [0.05, 0.1) is 0 Å². The number of nitrogens with zero attached hydrogens (tertiary/aromatic N) is 1. The number of carbonyl (C=O) groups is 1. The Labute approximate surface area is 106 Å². The molecule has 2 N–H and O–H groups in total. The molecular weight excluding hydrogens is 226 g/mol. The number of benzene rings is 1. The first-order valence-corrected chi connectivity index (χ1v) is 5.75. The van der Waals surface area contributed by atoms with E-state index in [1.54, 1.807) is 18.3 Å². The van der Waals surface area contributed by atoms with Crippen LogP contribution < -0.4 is 10.6 Å². The van der Waals surface area contributed by atoms with Crippen LogP contribution in [0.15, 0.2) is 48.7 Å². The topological polar surface area (TPSA) is 54.0 Å². The first kappa shape index (κ1) is 12.1. The van der Waals surface area contributed by atoms with Crippen molar-refractivity contribution in [3.8, 4) is 0 Å². The minimum Gasteiger partial charge on any atom is -0.334 e. The van der Waals surface area contributed by atoms with Crippen molar-refractivity contribution in [3.63, 3.8) is 0 Å². The molecule has 0 saturated carbocycles. The maximum absolute atomic E-state index is 11.6. The van der Waals surface area contributed by atoms with Crippen molar-refractivity contribution in [3.05, 3.63) is 59.8 Å². The monoisotopic (exact) mass is 241 g/mol. The highest BCUT2D eigenvalue weighted by Crippen LogP contribution is 2.04. The molecule has 0 aliphatic carbocycles. The van der Waals surface area contributed by atoms with Crippen molar-refractivity contribution < 1.29 is 4.79 Å². The molecule has 0 aliphatic heterocycles. The predicted molar refractivity (Wildman–Crippen MR) is 71.3 cm³/mol. The van der Waals surface area contributed by atoms with Crippen LogP contribution in [0.4, 0.5) is 10.6 Å². The number of hydrogen-bond donors (Lipinski definition) is 2. The molecule has 2 amide bonds. The number of anilines is 1. The second-order valence-electron chi connectivity index (χ2n) is 4.01. The van der Waals surface area contributed by atoms with Crippen LogP contribution in [0.3, 0.4) is 0 Å². The van der Waals surface area contributed by atoms with E-state index in [0.29, 0.717) is 12.4 Å². The zero-order valence-electron chi connectivity index (χ0n) is 10.2. The standard InChI is InChI=1S/C14H15N3O/c1-11-5-4-6-12(9-11)10-16-14(18)17-13-7-2-3-8-15-13/h2-9H,10H2,1H3,(H2,15,16,17,18). The smallest absolute Gasteiger partial charge is 0.320 e. The largest absolute Gasteiger partial charge is 0.334 e. The molecule has 18 heavy (non-hydrogen) atoms. The molecule has 4 nitrogen and oxygen atoms in total. The fourth-order valence-corrected chi connectivity index (χ4v) is 1.60. The summed E-state index contributed by atoms with van der Waals surface area (Å²) in [6.07, 6.45) is 1.64. The fraction of sp³-hybridized carbons (Fsp3) is 0.143. The SMILES string of the molecule is Cc1cccc(CNC(=O)Nc2ccccn2)c1. The summed E-state index contributed by atoms with van der Waals surface area (Å²) in [5.74, 6) is 0.541.